The highest BCUT2D eigenvalue weighted by Crippen LogP contribution is 2.15. The Morgan fingerprint density at radius 3 is 3.09 bits per heavy atom. The van der Waals surface area contributed by atoms with Crippen LogP contribution in [0.4, 0.5) is 0 Å². The highest BCUT2D eigenvalue weighted by Gasteiger charge is 2.07. The summed E-state index contributed by atoms with van der Waals surface area (Å²) in [5.74, 6) is 0.0443. The van der Waals surface area contributed by atoms with Gasteiger partial charge in [0.1, 0.15) is 10.9 Å². The van der Waals surface area contributed by atoms with Gasteiger partial charge in [-0.3, -0.25) is 5.41 Å². The molecule has 1 aromatic heterocycles. The number of hydrogen-bond acceptors (Lipinski definition) is 4. The molecule has 0 atom stereocenters. The van der Waals surface area contributed by atoms with Crippen molar-refractivity contribution in [2.24, 2.45) is 0 Å². The largest absolute Gasteiger partial charge is 0.481 e. The lowest BCUT2D eigenvalue weighted by Crippen LogP contribution is -2.00. The second-order valence-electron chi connectivity index (χ2n) is 1.81. The fraction of sp³-hybridized carbons (Fsp3) is 0.143. The van der Waals surface area contributed by atoms with Gasteiger partial charge in [0.2, 0.25) is 5.90 Å². The van der Waals surface area contributed by atoms with E-state index in [1.165, 1.54) is 18.4 Å². The molecule has 0 saturated carbocycles. The van der Waals surface area contributed by atoms with Gasteiger partial charge in [-0.05, 0) is 11.4 Å². The van der Waals surface area contributed by atoms with Gasteiger partial charge in [-0.1, -0.05) is 0 Å². The Kier molecular flexibility index (Phi) is 2.24. The first-order valence-electron chi connectivity index (χ1n) is 2.90. The zero-order valence-electron chi connectivity index (χ0n) is 5.92. The van der Waals surface area contributed by atoms with Crippen molar-refractivity contribution in [3.05, 3.63) is 21.9 Å². The van der Waals surface area contributed by atoms with Gasteiger partial charge < -0.3 is 4.74 Å². The second kappa shape index (κ2) is 3.17. The summed E-state index contributed by atoms with van der Waals surface area (Å²) in [5, 5.41) is 17.6. The summed E-state index contributed by atoms with van der Waals surface area (Å²) in [6.45, 7) is 0. The molecule has 1 rings (SSSR count). The Morgan fingerprint density at radius 2 is 2.55 bits per heavy atom. The lowest BCUT2D eigenvalue weighted by molar-refractivity contribution is 0.401. The van der Waals surface area contributed by atoms with Crippen LogP contribution in [0.25, 0.3) is 0 Å². The molecule has 0 aliphatic rings. The summed E-state index contributed by atoms with van der Waals surface area (Å²) in [4.78, 5) is 0.525. The molecule has 1 aromatic rings. The predicted octanol–water partition coefficient (Wildman–Crippen LogP) is 1.59. The van der Waals surface area contributed by atoms with Crippen molar-refractivity contribution in [2.75, 3.05) is 7.11 Å². The predicted molar refractivity (Wildman–Crippen MR) is 42.9 cm³/mol. The summed E-state index contributed by atoms with van der Waals surface area (Å²) in [7, 11) is 1.42. The van der Waals surface area contributed by atoms with Crippen LogP contribution in [0.15, 0.2) is 11.4 Å². The van der Waals surface area contributed by atoms with Crippen LogP contribution in [0.1, 0.15) is 10.4 Å². The molecule has 0 saturated heterocycles. The summed E-state index contributed by atoms with van der Waals surface area (Å²) in [5.41, 5.74) is 0.569. The number of nitrogens with zero attached hydrogens (tertiary/aromatic N) is 1. The van der Waals surface area contributed by atoms with Crippen molar-refractivity contribution in [1.29, 1.82) is 10.7 Å². The minimum absolute atomic E-state index is 0.0443. The third-order valence-corrected chi connectivity index (χ3v) is 2.03. The van der Waals surface area contributed by atoms with Crippen molar-refractivity contribution in [1.82, 2.24) is 0 Å². The van der Waals surface area contributed by atoms with E-state index in [4.69, 9.17) is 10.7 Å². The van der Waals surface area contributed by atoms with E-state index < -0.39 is 0 Å². The molecule has 1 heterocycles. The number of rotatable bonds is 1. The van der Waals surface area contributed by atoms with Crippen molar-refractivity contribution >= 4 is 17.2 Å². The molecule has 0 aliphatic carbocycles. The highest BCUT2D eigenvalue weighted by atomic mass is 32.1. The first kappa shape index (κ1) is 7.76. The topological polar surface area (TPSA) is 56.9 Å². The van der Waals surface area contributed by atoms with Crippen molar-refractivity contribution in [3.63, 3.8) is 0 Å². The Hall–Kier alpha value is -1.34. The van der Waals surface area contributed by atoms with E-state index in [0.29, 0.717) is 10.4 Å². The van der Waals surface area contributed by atoms with E-state index in [1.807, 2.05) is 6.07 Å². The van der Waals surface area contributed by atoms with Gasteiger partial charge in [0.15, 0.2) is 0 Å². The van der Waals surface area contributed by atoms with Gasteiger partial charge in [0.05, 0.1) is 12.7 Å². The zero-order valence-corrected chi connectivity index (χ0v) is 6.73. The third kappa shape index (κ3) is 1.38. The van der Waals surface area contributed by atoms with Crippen LogP contribution in [0.2, 0.25) is 0 Å². The van der Waals surface area contributed by atoms with E-state index in [9.17, 15) is 0 Å². The molecular weight excluding hydrogens is 160 g/mol. The normalized spacial score (nSPS) is 8.73. The Bertz CT molecular complexity index is 310. The van der Waals surface area contributed by atoms with Crippen molar-refractivity contribution < 1.29 is 4.74 Å². The van der Waals surface area contributed by atoms with Gasteiger partial charge in [0.25, 0.3) is 0 Å². The highest BCUT2D eigenvalue weighted by molar-refractivity contribution is 7.10. The van der Waals surface area contributed by atoms with Crippen LogP contribution in [-0.2, 0) is 4.74 Å². The van der Waals surface area contributed by atoms with Crippen LogP contribution in [0, 0.1) is 16.7 Å². The van der Waals surface area contributed by atoms with E-state index in [1.54, 1.807) is 11.4 Å². The molecule has 0 aliphatic heterocycles. The number of thiophene rings is 1. The van der Waals surface area contributed by atoms with Gasteiger partial charge in [-0.2, -0.15) is 5.26 Å². The van der Waals surface area contributed by atoms with Gasteiger partial charge in [-0.15, -0.1) is 11.3 Å². The second-order valence-corrected chi connectivity index (χ2v) is 2.72. The Labute approximate surface area is 68.4 Å². The lowest BCUT2D eigenvalue weighted by atomic mass is 10.3. The minimum Gasteiger partial charge on any atom is -0.481 e. The molecule has 56 valence electrons. The monoisotopic (exact) mass is 166 g/mol. The molecule has 0 spiro atoms. The van der Waals surface area contributed by atoms with Gasteiger partial charge in [0, 0.05) is 0 Å². The molecular formula is C7H6N2OS. The average Bonchev–Trinajstić information content (AvgIpc) is 2.50. The molecule has 0 bridgehead atoms. The minimum atomic E-state index is 0.0443. The van der Waals surface area contributed by atoms with Crippen LogP contribution in [0.3, 0.4) is 0 Å². The molecule has 0 aromatic carbocycles. The van der Waals surface area contributed by atoms with Crippen LogP contribution in [0.5, 0.6) is 0 Å². The maximum atomic E-state index is 8.56. The molecule has 0 fully saturated rings. The number of ether oxygens (including phenoxy) is 1. The summed E-state index contributed by atoms with van der Waals surface area (Å²) < 4.78 is 4.68. The molecule has 4 heteroatoms. The Balaban J connectivity index is 3.05. The van der Waals surface area contributed by atoms with Crippen LogP contribution in [-0.4, -0.2) is 13.0 Å². The third-order valence-electron chi connectivity index (χ3n) is 1.22. The molecule has 0 unspecified atom stereocenters. The van der Waals surface area contributed by atoms with Crippen molar-refractivity contribution in [3.8, 4) is 6.07 Å². The van der Waals surface area contributed by atoms with Crippen LogP contribution < -0.4 is 0 Å². The molecule has 3 nitrogen and oxygen atoms in total. The number of nitrogens with one attached hydrogen (secondary N) is 1. The quantitative estimate of drug-likeness (QED) is 0.508. The number of hydrogen-bond donors (Lipinski definition) is 1. The number of methoxy groups -OCH3 is 1. The van der Waals surface area contributed by atoms with E-state index in [0.717, 1.165) is 0 Å². The fourth-order valence-electron chi connectivity index (χ4n) is 0.685. The molecule has 1 N–H and O–H groups in total. The average molecular weight is 166 g/mol. The molecule has 0 amide bonds. The standard InChI is InChI=1S/C7H6N2OS/c1-10-7(9)5-2-3-11-6(5)4-8/h2-3,9H,1H3. The number of nitriles is 1. The van der Waals surface area contributed by atoms with E-state index in [-0.39, 0.29) is 5.90 Å². The molecule has 0 radical (unpaired) electrons. The molecule has 11 heavy (non-hydrogen) atoms. The smallest absolute Gasteiger partial charge is 0.215 e. The summed E-state index contributed by atoms with van der Waals surface area (Å²) >= 11 is 1.31. The summed E-state index contributed by atoms with van der Waals surface area (Å²) in [6, 6.07) is 3.69. The maximum absolute atomic E-state index is 8.56. The maximum Gasteiger partial charge on any atom is 0.215 e. The first-order chi connectivity index (χ1) is 5.29. The van der Waals surface area contributed by atoms with Crippen LogP contribution >= 0.6 is 11.3 Å². The first-order valence-corrected chi connectivity index (χ1v) is 3.78. The van der Waals surface area contributed by atoms with Gasteiger partial charge >= 0.3 is 0 Å². The Morgan fingerprint density at radius 1 is 1.82 bits per heavy atom. The van der Waals surface area contributed by atoms with Crippen molar-refractivity contribution in [2.45, 2.75) is 0 Å². The zero-order chi connectivity index (χ0) is 8.27. The summed E-state index contributed by atoms with van der Waals surface area (Å²) in [6.07, 6.45) is 0. The van der Waals surface area contributed by atoms with Gasteiger partial charge in [-0.25, -0.2) is 0 Å². The van der Waals surface area contributed by atoms with E-state index in [2.05, 4.69) is 4.74 Å². The SMILES string of the molecule is COC(=N)c1ccsc1C#N. The van der Waals surface area contributed by atoms with E-state index >= 15 is 0 Å². The lowest BCUT2D eigenvalue weighted by Gasteiger charge is -1.97. The fourth-order valence-corrected chi connectivity index (χ4v) is 1.37.